The second-order valence-electron chi connectivity index (χ2n) is 4.69. The van der Waals surface area contributed by atoms with Crippen molar-refractivity contribution >= 4 is 23.5 Å². The van der Waals surface area contributed by atoms with E-state index in [0.29, 0.717) is 0 Å². The van der Waals surface area contributed by atoms with Gasteiger partial charge >= 0.3 is 0 Å². The summed E-state index contributed by atoms with van der Waals surface area (Å²) in [6.45, 7) is 3.03. The molecule has 0 aromatic carbocycles. The highest BCUT2D eigenvalue weighted by Gasteiger charge is 2.25. The fourth-order valence-electron chi connectivity index (χ4n) is 2.15. The number of likely N-dealkylation sites (N-methyl/N-ethyl adjacent to an activating group) is 1. The SMILES string of the molecule is Cc1ccsc1/C=N/NC(=O)C1CCCCN1C. The van der Waals surface area contributed by atoms with Crippen molar-refractivity contribution in [3.63, 3.8) is 0 Å². The summed E-state index contributed by atoms with van der Waals surface area (Å²) in [7, 11) is 2.00. The molecule has 1 amide bonds. The van der Waals surface area contributed by atoms with Crippen LogP contribution in [0.3, 0.4) is 0 Å². The molecule has 0 saturated carbocycles. The molecule has 1 saturated heterocycles. The quantitative estimate of drug-likeness (QED) is 0.671. The molecule has 0 radical (unpaired) electrons. The van der Waals surface area contributed by atoms with E-state index in [0.717, 1.165) is 24.3 Å². The smallest absolute Gasteiger partial charge is 0.257 e. The van der Waals surface area contributed by atoms with E-state index in [4.69, 9.17) is 0 Å². The number of hydrogen-bond donors (Lipinski definition) is 1. The summed E-state index contributed by atoms with van der Waals surface area (Å²) >= 11 is 1.63. The first-order valence-electron chi connectivity index (χ1n) is 6.26. The molecule has 1 N–H and O–H groups in total. The summed E-state index contributed by atoms with van der Waals surface area (Å²) in [6, 6.07) is 2.02. The summed E-state index contributed by atoms with van der Waals surface area (Å²) in [4.78, 5) is 15.2. The molecule has 1 aromatic heterocycles. The van der Waals surface area contributed by atoms with Crippen LogP contribution in [0.4, 0.5) is 0 Å². The van der Waals surface area contributed by atoms with Crippen molar-refractivity contribution < 1.29 is 4.79 Å². The number of aryl methyl sites for hydroxylation is 1. The van der Waals surface area contributed by atoms with Crippen LogP contribution in [0.15, 0.2) is 16.5 Å². The van der Waals surface area contributed by atoms with E-state index in [1.54, 1.807) is 17.6 Å². The molecule has 0 spiro atoms. The molecule has 2 heterocycles. The zero-order valence-electron chi connectivity index (χ0n) is 10.8. The molecule has 18 heavy (non-hydrogen) atoms. The number of amides is 1. The Hall–Kier alpha value is -1.20. The zero-order chi connectivity index (χ0) is 13.0. The number of nitrogens with one attached hydrogen (secondary N) is 1. The Bertz CT molecular complexity index is 441. The van der Waals surface area contributed by atoms with E-state index in [1.807, 2.05) is 25.4 Å². The third-order valence-electron chi connectivity index (χ3n) is 3.33. The topological polar surface area (TPSA) is 44.7 Å². The minimum absolute atomic E-state index is 0.00246. The summed E-state index contributed by atoms with van der Waals surface area (Å²) < 4.78 is 0. The number of likely N-dealkylation sites (tertiary alicyclic amines) is 1. The Morgan fingerprint density at radius 2 is 2.44 bits per heavy atom. The van der Waals surface area contributed by atoms with Gasteiger partial charge in [0, 0.05) is 4.88 Å². The van der Waals surface area contributed by atoms with E-state index >= 15 is 0 Å². The molecule has 0 bridgehead atoms. The van der Waals surface area contributed by atoms with Crippen LogP contribution in [0.5, 0.6) is 0 Å². The summed E-state index contributed by atoms with van der Waals surface area (Å²) in [6.07, 6.45) is 4.95. The van der Waals surface area contributed by atoms with Crippen molar-refractivity contribution in [2.75, 3.05) is 13.6 Å². The van der Waals surface area contributed by atoms with Gasteiger partial charge in [0.05, 0.1) is 12.3 Å². The molecule has 1 unspecified atom stereocenters. The lowest BCUT2D eigenvalue weighted by molar-refractivity contribution is -0.126. The van der Waals surface area contributed by atoms with Gasteiger partial charge in [0.15, 0.2) is 0 Å². The minimum atomic E-state index is -0.0275. The first-order valence-corrected chi connectivity index (χ1v) is 7.13. The van der Waals surface area contributed by atoms with Gasteiger partial charge in [-0.1, -0.05) is 6.42 Å². The van der Waals surface area contributed by atoms with Crippen molar-refractivity contribution in [3.8, 4) is 0 Å². The van der Waals surface area contributed by atoms with Crippen molar-refractivity contribution in [3.05, 3.63) is 21.9 Å². The molecule has 1 aliphatic rings. The van der Waals surface area contributed by atoms with Gasteiger partial charge in [0.2, 0.25) is 0 Å². The number of nitrogens with zero attached hydrogens (tertiary/aromatic N) is 2. The molecule has 2 rings (SSSR count). The van der Waals surface area contributed by atoms with Gasteiger partial charge in [0.25, 0.3) is 5.91 Å². The maximum Gasteiger partial charge on any atom is 0.257 e. The van der Waals surface area contributed by atoms with Crippen LogP contribution in [0.1, 0.15) is 29.7 Å². The Morgan fingerprint density at radius 1 is 1.61 bits per heavy atom. The highest BCUT2D eigenvalue weighted by molar-refractivity contribution is 7.11. The van der Waals surface area contributed by atoms with Crippen LogP contribution in [0.25, 0.3) is 0 Å². The third-order valence-corrected chi connectivity index (χ3v) is 4.28. The van der Waals surface area contributed by atoms with Gasteiger partial charge in [-0.05, 0) is 50.4 Å². The third kappa shape index (κ3) is 3.17. The average Bonchev–Trinajstić information content (AvgIpc) is 2.75. The zero-order valence-corrected chi connectivity index (χ0v) is 11.7. The first kappa shape index (κ1) is 13.2. The van der Waals surface area contributed by atoms with Gasteiger partial charge in [-0.3, -0.25) is 9.69 Å². The highest BCUT2D eigenvalue weighted by Crippen LogP contribution is 2.15. The molecule has 1 atom stereocenters. The molecule has 0 aliphatic carbocycles. The molecule has 1 aliphatic heterocycles. The predicted molar refractivity (Wildman–Crippen MR) is 75.1 cm³/mol. The standard InChI is InChI=1S/C13H19N3OS/c1-10-6-8-18-12(10)9-14-15-13(17)11-5-3-4-7-16(11)2/h6,8-9,11H,3-5,7H2,1-2H3,(H,15,17)/b14-9+. The molecular weight excluding hydrogens is 246 g/mol. The molecule has 5 heteroatoms. The van der Waals surface area contributed by atoms with Crippen LogP contribution in [0, 0.1) is 6.92 Å². The van der Waals surface area contributed by atoms with Gasteiger partial charge < -0.3 is 0 Å². The van der Waals surface area contributed by atoms with Crippen LogP contribution >= 0.6 is 11.3 Å². The summed E-state index contributed by atoms with van der Waals surface area (Å²) in [5, 5.41) is 6.06. The fourth-order valence-corrected chi connectivity index (χ4v) is 2.94. The van der Waals surface area contributed by atoms with Crippen LogP contribution in [0.2, 0.25) is 0 Å². The Labute approximate surface area is 112 Å². The van der Waals surface area contributed by atoms with Crippen LogP contribution in [-0.2, 0) is 4.79 Å². The number of thiophene rings is 1. The molecule has 1 fully saturated rings. The first-order chi connectivity index (χ1) is 8.68. The molecular formula is C13H19N3OS. The number of rotatable bonds is 3. The number of carbonyl (C=O) groups is 1. The number of piperidine rings is 1. The monoisotopic (exact) mass is 265 g/mol. The Balaban J connectivity index is 1.88. The lowest BCUT2D eigenvalue weighted by Crippen LogP contribution is -2.46. The van der Waals surface area contributed by atoms with E-state index in [-0.39, 0.29) is 11.9 Å². The second-order valence-corrected chi connectivity index (χ2v) is 5.64. The largest absolute Gasteiger partial charge is 0.295 e. The van der Waals surface area contributed by atoms with E-state index in [9.17, 15) is 4.79 Å². The second kappa shape index (κ2) is 6.11. The van der Waals surface area contributed by atoms with Gasteiger partial charge in [0.1, 0.15) is 0 Å². The number of hydrogen-bond acceptors (Lipinski definition) is 4. The van der Waals surface area contributed by atoms with E-state index in [1.165, 1.54) is 12.0 Å². The fraction of sp³-hybridized carbons (Fsp3) is 0.538. The molecule has 1 aromatic rings. The van der Waals surface area contributed by atoms with Gasteiger partial charge in [-0.25, -0.2) is 5.43 Å². The van der Waals surface area contributed by atoms with E-state index < -0.39 is 0 Å². The summed E-state index contributed by atoms with van der Waals surface area (Å²) in [5.74, 6) is 0.00246. The normalized spacial score (nSPS) is 21.3. The lowest BCUT2D eigenvalue weighted by Gasteiger charge is -2.30. The van der Waals surface area contributed by atoms with Gasteiger partial charge in [-0.2, -0.15) is 5.10 Å². The highest BCUT2D eigenvalue weighted by atomic mass is 32.1. The van der Waals surface area contributed by atoms with Crippen LogP contribution in [-0.4, -0.2) is 36.7 Å². The number of hydrazone groups is 1. The molecule has 4 nitrogen and oxygen atoms in total. The Morgan fingerprint density at radius 3 is 3.11 bits per heavy atom. The van der Waals surface area contributed by atoms with E-state index in [2.05, 4.69) is 15.4 Å². The Kier molecular flexibility index (Phi) is 4.49. The maximum absolute atomic E-state index is 12.0. The maximum atomic E-state index is 12.0. The summed E-state index contributed by atoms with van der Waals surface area (Å²) in [5.41, 5.74) is 3.83. The van der Waals surface area contributed by atoms with Crippen molar-refractivity contribution in [1.29, 1.82) is 0 Å². The minimum Gasteiger partial charge on any atom is -0.295 e. The number of carbonyl (C=O) groups excluding carboxylic acids is 1. The van der Waals surface area contributed by atoms with Crippen LogP contribution < -0.4 is 5.43 Å². The molecule has 98 valence electrons. The lowest BCUT2D eigenvalue weighted by atomic mass is 10.0. The van der Waals surface area contributed by atoms with Crippen molar-refractivity contribution in [2.24, 2.45) is 5.10 Å². The predicted octanol–water partition coefficient (Wildman–Crippen LogP) is 1.99. The average molecular weight is 265 g/mol. The van der Waals surface area contributed by atoms with Crippen molar-refractivity contribution in [1.82, 2.24) is 10.3 Å². The van der Waals surface area contributed by atoms with Gasteiger partial charge in [-0.15, -0.1) is 11.3 Å². The van der Waals surface area contributed by atoms with Crippen molar-refractivity contribution in [2.45, 2.75) is 32.2 Å².